The van der Waals surface area contributed by atoms with E-state index in [0.29, 0.717) is 0 Å². The van der Waals surface area contributed by atoms with Gasteiger partial charge in [-0.15, -0.1) is 0 Å². The standard InChI is InChI=1S/C21H26N4O4/c1-3-13-24(14-4-2)18-11-9-17(10-12-18)15-22-23-21(26)16-29-20-8-6-5-7-19(20)25(27)28/h5-12,15H,3-4,13-14,16H2,1-2H3,(H,23,26). The second-order valence-corrected chi connectivity index (χ2v) is 6.39. The number of carbonyl (C=O) groups excluding carboxylic acids is 1. The Hall–Kier alpha value is -3.42. The molecule has 154 valence electrons. The maximum Gasteiger partial charge on any atom is 0.310 e. The molecule has 0 heterocycles. The second kappa shape index (κ2) is 11.4. The van der Waals surface area contributed by atoms with E-state index < -0.39 is 10.8 Å². The smallest absolute Gasteiger partial charge is 0.310 e. The zero-order valence-corrected chi connectivity index (χ0v) is 16.7. The van der Waals surface area contributed by atoms with E-state index in [-0.39, 0.29) is 18.0 Å². The number of anilines is 1. The van der Waals surface area contributed by atoms with Gasteiger partial charge < -0.3 is 9.64 Å². The zero-order chi connectivity index (χ0) is 21.1. The molecule has 1 amide bonds. The molecule has 0 bridgehead atoms. The van der Waals surface area contributed by atoms with Crippen LogP contribution in [0.2, 0.25) is 0 Å². The topological polar surface area (TPSA) is 97.1 Å². The van der Waals surface area contributed by atoms with Crippen molar-refractivity contribution in [3.63, 3.8) is 0 Å². The Morgan fingerprint density at radius 1 is 1.14 bits per heavy atom. The number of ether oxygens (including phenoxy) is 1. The fourth-order valence-corrected chi connectivity index (χ4v) is 2.77. The fraction of sp³-hybridized carbons (Fsp3) is 0.333. The van der Waals surface area contributed by atoms with E-state index in [2.05, 4.69) is 29.3 Å². The molecule has 0 spiro atoms. The van der Waals surface area contributed by atoms with Gasteiger partial charge in [0.25, 0.3) is 5.91 Å². The Kier molecular flexibility index (Phi) is 8.62. The summed E-state index contributed by atoms with van der Waals surface area (Å²) >= 11 is 0. The van der Waals surface area contributed by atoms with Crippen LogP contribution in [0.4, 0.5) is 11.4 Å². The number of para-hydroxylation sites is 2. The lowest BCUT2D eigenvalue weighted by Gasteiger charge is -2.23. The molecule has 2 rings (SSSR count). The lowest BCUT2D eigenvalue weighted by Crippen LogP contribution is -2.25. The van der Waals surface area contributed by atoms with Gasteiger partial charge in [-0.25, -0.2) is 5.43 Å². The number of rotatable bonds is 11. The first kappa shape index (κ1) is 21.9. The van der Waals surface area contributed by atoms with Crippen LogP contribution in [-0.2, 0) is 4.79 Å². The molecule has 2 aromatic rings. The van der Waals surface area contributed by atoms with Crippen molar-refractivity contribution in [3.8, 4) is 5.75 Å². The highest BCUT2D eigenvalue weighted by atomic mass is 16.6. The average molecular weight is 398 g/mol. The molecule has 0 saturated heterocycles. The van der Waals surface area contributed by atoms with Gasteiger partial charge in [0, 0.05) is 24.8 Å². The van der Waals surface area contributed by atoms with E-state index in [1.807, 2.05) is 24.3 Å². The minimum Gasteiger partial charge on any atom is -0.477 e. The van der Waals surface area contributed by atoms with Gasteiger partial charge in [-0.05, 0) is 36.6 Å². The van der Waals surface area contributed by atoms with E-state index in [1.165, 1.54) is 24.4 Å². The summed E-state index contributed by atoms with van der Waals surface area (Å²) in [5.41, 5.74) is 4.17. The molecule has 0 aliphatic carbocycles. The van der Waals surface area contributed by atoms with Crippen molar-refractivity contribution >= 4 is 23.5 Å². The van der Waals surface area contributed by atoms with Gasteiger partial charge in [0.05, 0.1) is 11.1 Å². The lowest BCUT2D eigenvalue weighted by atomic mass is 10.2. The molecule has 8 nitrogen and oxygen atoms in total. The third-order valence-electron chi connectivity index (χ3n) is 4.07. The van der Waals surface area contributed by atoms with Gasteiger partial charge in [0.2, 0.25) is 0 Å². The van der Waals surface area contributed by atoms with Crippen molar-refractivity contribution in [3.05, 3.63) is 64.2 Å². The summed E-state index contributed by atoms with van der Waals surface area (Å²) in [5.74, 6) is -0.469. The molecule has 0 aromatic heterocycles. The van der Waals surface area contributed by atoms with Crippen LogP contribution >= 0.6 is 0 Å². The first-order chi connectivity index (χ1) is 14.0. The molecule has 0 radical (unpaired) electrons. The maximum absolute atomic E-state index is 11.8. The number of nitro benzene ring substituents is 1. The van der Waals surface area contributed by atoms with E-state index in [1.54, 1.807) is 6.07 Å². The van der Waals surface area contributed by atoms with Crippen molar-refractivity contribution < 1.29 is 14.5 Å². The number of amides is 1. The van der Waals surface area contributed by atoms with Gasteiger partial charge in [-0.2, -0.15) is 5.10 Å². The molecule has 0 aliphatic heterocycles. The van der Waals surface area contributed by atoms with Crippen molar-refractivity contribution in [2.45, 2.75) is 26.7 Å². The Morgan fingerprint density at radius 3 is 2.41 bits per heavy atom. The molecule has 0 saturated carbocycles. The summed E-state index contributed by atoms with van der Waals surface area (Å²) in [7, 11) is 0. The number of nitrogens with zero attached hydrogens (tertiary/aromatic N) is 3. The normalized spacial score (nSPS) is 10.7. The van der Waals surface area contributed by atoms with E-state index in [9.17, 15) is 14.9 Å². The van der Waals surface area contributed by atoms with Crippen molar-refractivity contribution in [2.24, 2.45) is 5.10 Å². The van der Waals surface area contributed by atoms with Gasteiger partial charge >= 0.3 is 5.69 Å². The minimum absolute atomic E-state index is 0.0379. The van der Waals surface area contributed by atoms with Crippen LogP contribution in [0, 0.1) is 10.1 Å². The van der Waals surface area contributed by atoms with Gasteiger partial charge in [0.15, 0.2) is 12.4 Å². The van der Waals surface area contributed by atoms with E-state index in [0.717, 1.165) is 37.2 Å². The number of carbonyl (C=O) groups is 1. The van der Waals surface area contributed by atoms with Crippen molar-refractivity contribution in [2.75, 3.05) is 24.6 Å². The van der Waals surface area contributed by atoms with Crippen LogP contribution in [0.15, 0.2) is 53.6 Å². The average Bonchev–Trinajstić information content (AvgIpc) is 2.73. The van der Waals surface area contributed by atoms with Gasteiger partial charge in [-0.3, -0.25) is 14.9 Å². The van der Waals surface area contributed by atoms with Crippen molar-refractivity contribution in [1.82, 2.24) is 5.43 Å². The van der Waals surface area contributed by atoms with Crippen LogP contribution < -0.4 is 15.1 Å². The molecule has 8 heteroatoms. The Balaban J connectivity index is 1.86. The van der Waals surface area contributed by atoms with E-state index in [4.69, 9.17) is 4.74 Å². The molecule has 0 fully saturated rings. The summed E-state index contributed by atoms with van der Waals surface area (Å²) in [5, 5.41) is 14.8. The predicted molar refractivity (Wildman–Crippen MR) is 114 cm³/mol. The highest BCUT2D eigenvalue weighted by molar-refractivity contribution is 5.83. The summed E-state index contributed by atoms with van der Waals surface area (Å²) < 4.78 is 5.22. The summed E-state index contributed by atoms with van der Waals surface area (Å²) in [4.78, 5) is 24.6. The monoisotopic (exact) mass is 398 g/mol. The predicted octanol–water partition coefficient (Wildman–Crippen LogP) is 3.75. The van der Waals surface area contributed by atoms with Gasteiger partial charge in [0.1, 0.15) is 0 Å². The number of hydrogen-bond donors (Lipinski definition) is 1. The van der Waals surface area contributed by atoms with Crippen LogP contribution in [0.5, 0.6) is 5.75 Å². The highest BCUT2D eigenvalue weighted by Crippen LogP contribution is 2.25. The highest BCUT2D eigenvalue weighted by Gasteiger charge is 2.14. The summed E-state index contributed by atoms with van der Waals surface area (Å²) in [6.45, 7) is 5.97. The first-order valence-corrected chi connectivity index (χ1v) is 9.58. The fourth-order valence-electron chi connectivity index (χ4n) is 2.77. The minimum atomic E-state index is -0.558. The molecule has 0 unspecified atom stereocenters. The third kappa shape index (κ3) is 6.91. The number of hydrogen-bond acceptors (Lipinski definition) is 6. The lowest BCUT2D eigenvalue weighted by molar-refractivity contribution is -0.385. The Bertz CT molecular complexity index is 831. The molecule has 29 heavy (non-hydrogen) atoms. The summed E-state index contributed by atoms with van der Waals surface area (Å²) in [6, 6.07) is 13.8. The molecule has 0 aliphatic rings. The molecule has 1 N–H and O–H groups in total. The molecular formula is C21H26N4O4. The number of benzene rings is 2. The second-order valence-electron chi connectivity index (χ2n) is 6.39. The SMILES string of the molecule is CCCN(CCC)c1ccc(C=NNC(=O)COc2ccccc2[N+](=O)[O-])cc1. The Morgan fingerprint density at radius 2 is 1.79 bits per heavy atom. The zero-order valence-electron chi connectivity index (χ0n) is 16.7. The number of nitro groups is 1. The van der Waals surface area contributed by atoms with Crippen molar-refractivity contribution in [1.29, 1.82) is 0 Å². The molecule has 2 aromatic carbocycles. The number of nitrogens with one attached hydrogen (secondary N) is 1. The van der Waals surface area contributed by atoms with Gasteiger partial charge in [-0.1, -0.05) is 38.1 Å². The van der Waals surface area contributed by atoms with E-state index >= 15 is 0 Å². The molecule has 0 atom stereocenters. The largest absolute Gasteiger partial charge is 0.477 e. The van der Waals surface area contributed by atoms with Crippen LogP contribution in [-0.4, -0.2) is 36.7 Å². The molecular weight excluding hydrogens is 372 g/mol. The first-order valence-electron chi connectivity index (χ1n) is 9.58. The van der Waals surface area contributed by atoms with Crippen LogP contribution in [0.3, 0.4) is 0 Å². The Labute approximate surface area is 170 Å². The van der Waals surface area contributed by atoms with Crippen LogP contribution in [0.25, 0.3) is 0 Å². The number of hydrazone groups is 1. The van der Waals surface area contributed by atoms with Crippen LogP contribution in [0.1, 0.15) is 32.3 Å². The third-order valence-corrected chi connectivity index (χ3v) is 4.07. The summed E-state index contributed by atoms with van der Waals surface area (Å²) in [6.07, 6.45) is 3.71. The maximum atomic E-state index is 11.8. The quantitative estimate of drug-likeness (QED) is 0.353.